The number of hydrogen-bond acceptors (Lipinski definition) is 3. The Balaban J connectivity index is 1.74. The Bertz CT molecular complexity index is 912. The predicted molar refractivity (Wildman–Crippen MR) is 104 cm³/mol. The highest BCUT2D eigenvalue weighted by molar-refractivity contribution is 9.10. The molecule has 0 spiro atoms. The van der Waals surface area contributed by atoms with Gasteiger partial charge in [-0.1, -0.05) is 46.3 Å². The van der Waals surface area contributed by atoms with Crippen LogP contribution in [-0.2, 0) is 18.8 Å². The minimum Gasteiger partial charge on any atom is -0.497 e. The van der Waals surface area contributed by atoms with Crippen molar-refractivity contribution in [3.63, 3.8) is 0 Å². The zero-order chi connectivity index (χ0) is 18.1. The average Bonchev–Trinajstić information content (AvgIpc) is 2.96. The van der Waals surface area contributed by atoms with Crippen LogP contribution in [0.5, 0.6) is 5.75 Å². The van der Waals surface area contributed by atoms with E-state index in [4.69, 9.17) is 4.74 Å². The summed E-state index contributed by atoms with van der Waals surface area (Å²) >= 11 is 3.47. The molecule has 0 saturated heterocycles. The normalized spacial score (nSPS) is 18.7. The molecule has 1 aliphatic rings. The van der Waals surface area contributed by atoms with E-state index in [1.165, 1.54) is 0 Å². The second-order valence-corrected chi connectivity index (χ2v) is 7.36. The topological polar surface area (TPSA) is 36.6 Å². The molecule has 4 rings (SSSR count). The molecule has 1 atom stereocenters. The summed E-state index contributed by atoms with van der Waals surface area (Å²) in [5.74, 6) is 1.82. The second kappa shape index (κ2) is 6.74. The fourth-order valence-electron chi connectivity index (χ4n) is 3.45. The molecule has 132 valence electrons. The molecule has 1 aromatic heterocycles. The van der Waals surface area contributed by atoms with E-state index in [1.807, 2.05) is 72.9 Å². The summed E-state index contributed by atoms with van der Waals surface area (Å²) in [6.07, 6.45) is 2.01. The van der Waals surface area contributed by atoms with Crippen molar-refractivity contribution in [3.05, 3.63) is 88.5 Å². The van der Waals surface area contributed by atoms with E-state index in [9.17, 15) is 5.11 Å². The van der Waals surface area contributed by atoms with Crippen molar-refractivity contribution in [2.24, 2.45) is 0 Å². The number of benzene rings is 2. The van der Waals surface area contributed by atoms with Gasteiger partial charge in [0.05, 0.1) is 13.3 Å². The standard InChI is InChI=1S/C21H20BrN2O2/c1-26-19-11-5-16(6-12-19)14-24-20-4-2-3-13-23(20)15-21(24,25)17-7-9-18(22)10-8-17/h2-13,25H,14-15H2,1H3/q+1. The first-order valence-electron chi connectivity index (χ1n) is 8.47. The van der Waals surface area contributed by atoms with Gasteiger partial charge in [-0.3, -0.25) is 0 Å². The molecule has 2 aromatic carbocycles. The first-order valence-corrected chi connectivity index (χ1v) is 9.27. The highest BCUT2D eigenvalue weighted by Crippen LogP contribution is 2.36. The van der Waals surface area contributed by atoms with E-state index in [1.54, 1.807) is 7.11 Å². The van der Waals surface area contributed by atoms with Crippen LogP contribution >= 0.6 is 15.9 Å². The fourth-order valence-corrected chi connectivity index (χ4v) is 3.71. The number of fused-ring (bicyclic) bond motifs is 1. The van der Waals surface area contributed by atoms with Crippen molar-refractivity contribution in [1.82, 2.24) is 0 Å². The SMILES string of the molecule is COc1ccc(CN2c3cccc[n+]3CC2(O)c2ccc(Br)cc2)cc1. The molecule has 1 N–H and O–H groups in total. The highest BCUT2D eigenvalue weighted by Gasteiger charge is 2.51. The van der Waals surface area contributed by atoms with Gasteiger partial charge in [0, 0.05) is 16.1 Å². The molecule has 0 bridgehead atoms. The number of ether oxygens (including phenoxy) is 1. The molecule has 4 nitrogen and oxygen atoms in total. The van der Waals surface area contributed by atoms with E-state index in [-0.39, 0.29) is 0 Å². The average molecular weight is 412 g/mol. The van der Waals surface area contributed by atoms with Crippen molar-refractivity contribution < 1.29 is 14.4 Å². The quantitative estimate of drug-likeness (QED) is 0.666. The van der Waals surface area contributed by atoms with E-state index in [0.29, 0.717) is 13.1 Å². The summed E-state index contributed by atoms with van der Waals surface area (Å²) in [5.41, 5.74) is 0.881. The number of halogens is 1. The zero-order valence-electron chi connectivity index (χ0n) is 14.5. The largest absolute Gasteiger partial charge is 0.497 e. The van der Waals surface area contributed by atoms with Crippen molar-refractivity contribution >= 4 is 21.7 Å². The maximum Gasteiger partial charge on any atom is 0.279 e. The Morgan fingerprint density at radius 1 is 1.08 bits per heavy atom. The van der Waals surface area contributed by atoms with Crippen LogP contribution < -0.4 is 14.2 Å². The monoisotopic (exact) mass is 411 g/mol. The van der Waals surface area contributed by atoms with Gasteiger partial charge >= 0.3 is 0 Å². The molecule has 1 aliphatic heterocycles. The van der Waals surface area contributed by atoms with Crippen LogP contribution in [0.15, 0.2) is 77.4 Å². The number of anilines is 1. The van der Waals surface area contributed by atoms with Crippen LogP contribution in [0.1, 0.15) is 11.1 Å². The summed E-state index contributed by atoms with van der Waals surface area (Å²) in [4.78, 5) is 2.05. The number of pyridine rings is 1. The van der Waals surface area contributed by atoms with E-state index < -0.39 is 5.72 Å². The smallest absolute Gasteiger partial charge is 0.279 e. The molecule has 0 fully saturated rings. The lowest BCUT2D eigenvalue weighted by Crippen LogP contribution is -2.45. The summed E-state index contributed by atoms with van der Waals surface area (Å²) in [6, 6.07) is 21.9. The molecule has 0 amide bonds. The summed E-state index contributed by atoms with van der Waals surface area (Å²) in [7, 11) is 1.66. The van der Waals surface area contributed by atoms with Crippen molar-refractivity contribution in [3.8, 4) is 5.75 Å². The number of aliphatic hydroxyl groups is 1. The number of rotatable bonds is 4. The summed E-state index contributed by atoms with van der Waals surface area (Å²) < 4.78 is 8.33. The minimum absolute atomic E-state index is 0.487. The molecule has 3 aromatic rings. The first-order chi connectivity index (χ1) is 12.6. The van der Waals surface area contributed by atoms with Gasteiger partial charge in [0.15, 0.2) is 6.54 Å². The molecule has 2 heterocycles. The fraction of sp³-hybridized carbons (Fsp3) is 0.190. The third kappa shape index (κ3) is 2.97. The highest BCUT2D eigenvalue weighted by atomic mass is 79.9. The molecule has 0 radical (unpaired) electrons. The van der Waals surface area contributed by atoms with Crippen LogP contribution in [0.2, 0.25) is 0 Å². The van der Waals surface area contributed by atoms with Crippen LogP contribution in [0.4, 0.5) is 5.82 Å². The van der Waals surface area contributed by atoms with Crippen molar-refractivity contribution in [2.75, 3.05) is 12.0 Å². The molecule has 0 saturated carbocycles. The summed E-state index contributed by atoms with van der Waals surface area (Å²) in [6.45, 7) is 1.08. The van der Waals surface area contributed by atoms with E-state index in [2.05, 4.69) is 25.4 Å². The lowest BCUT2D eigenvalue weighted by atomic mass is 10.0. The van der Waals surface area contributed by atoms with Gasteiger partial charge in [-0.25, -0.2) is 9.47 Å². The molecule has 5 heteroatoms. The molecule has 1 unspecified atom stereocenters. The van der Waals surface area contributed by atoms with Crippen molar-refractivity contribution in [1.29, 1.82) is 0 Å². The van der Waals surface area contributed by atoms with Gasteiger partial charge in [0.25, 0.3) is 11.5 Å². The molecular weight excluding hydrogens is 392 g/mol. The van der Waals surface area contributed by atoms with Gasteiger partial charge in [-0.15, -0.1) is 0 Å². The van der Waals surface area contributed by atoms with Gasteiger partial charge < -0.3 is 9.84 Å². The van der Waals surface area contributed by atoms with Crippen molar-refractivity contribution in [2.45, 2.75) is 18.8 Å². The number of hydrogen-bond donors (Lipinski definition) is 1. The Morgan fingerprint density at radius 3 is 2.50 bits per heavy atom. The lowest BCUT2D eigenvalue weighted by molar-refractivity contribution is -0.683. The second-order valence-electron chi connectivity index (χ2n) is 6.44. The van der Waals surface area contributed by atoms with Crippen LogP contribution in [0, 0.1) is 0 Å². The first kappa shape index (κ1) is 17.1. The van der Waals surface area contributed by atoms with Gasteiger partial charge in [0.2, 0.25) is 0 Å². The van der Waals surface area contributed by atoms with Crippen LogP contribution in [0.25, 0.3) is 0 Å². The Morgan fingerprint density at radius 2 is 1.81 bits per heavy atom. The lowest BCUT2D eigenvalue weighted by Gasteiger charge is -2.27. The van der Waals surface area contributed by atoms with Crippen LogP contribution in [-0.4, -0.2) is 12.2 Å². The van der Waals surface area contributed by atoms with Gasteiger partial charge in [-0.05, 0) is 35.9 Å². The number of nitrogens with zero attached hydrogens (tertiary/aromatic N) is 2. The number of methoxy groups -OCH3 is 1. The maximum atomic E-state index is 11.7. The Hall–Kier alpha value is -2.37. The van der Waals surface area contributed by atoms with Crippen LogP contribution in [0.3, 0.4) is 0 Å². The molecule has 0 aliphatic carbocycles. The predicted octanol–water partition coefficient (Wildman–Crippen LogP) is 3.61. The number of aromatic nitrogens is 1. The van der Waals surface area contributed by atoms with E-state index in [0.717, 1.165) is 27.2 Å². The van der Waals surface area contributed by atoms with Gasteiger partial charge in [0.1, 0.15) is 12.3 Å². The zero-order valence-corrected chi connectivity index (χ0v) is 16.1. The Labute approximate surface area is 161 Å². The summed E-state index contributed by atoms with van der Waals surface area (Å²) in [5, 5.41) is 11.7. The third-order valence-electron chi connectivity index (χ3n) is 4.84. The maximum absolute atomic E-state index is 11.7. The molecular formula is C21H20BrN2O2+. The van der Waals surface area contributed by atoms with Gasteiger partial charge in [-0.2, -0.15) is 0 Å². The Kier molecular flexibility index (Phi) is 4.42. The van der Waals surface area contributed by atoms with E-state index >= 15 is 0 Å². The minimum atomic E-state index is -1.10. The molecule has 26 heavy (non-hydrogen) atoms. The third-order valence-corrected chi connectivity index (χ3v) is 5.37.